The molecular formula is C25H23N5O. The van der Waals surface area contributed by atoms with Crippen molar-refractivity contribution in [1.82, 2.24) is 20.3 Å². The molecule has 1 N–H and O–H groups in total. The van der Waals surface area contributed by atoms with Crippen LogP contribution in [0.15, 0.2) is 77.6 Å². The molecule has 0 spiro atoms. The van der Waals surface area contributed by atoms with Crippen LogP contribution in [0.4, 0.5) is 5.69 Å². The summed E-state index contributed by atoms with van der Waals surface area (Å²) in [5.74, 6) is -0.116. The lowest BCUT2D eigenvalue weighted by molar-refractivity contribution is 0.402. The predicted molar refractivity (Wildman–Crippen MR) is 122 cm³/mol. The van der Waals surface area contributed by atoms with E-state index in [0.29, 0.717) is 5.39 Å². The second kappa shape index (κ2) is 7.89. The maximum absolute atomic E-state index is 12.5. The minimum Gasteiger partial charge on any atom is -0.377 e. The van der Waals surface area contributed by atoms with Gasteiger partial charge in [0.2, 0.25) is 0 Å². The Kier molecular flexibility index (Phi) is 4.92. The molecule has 0 amide bonds. The van der Waals surface area contributed by atoms with Crippen molar-refractivity contribution >= 4 is 16.5 Å². The third kappa shape index (κ3) is 3.55. The summed E-state index contributed by atoms with van der Waals surface area (Å²) < 4.78 is 0. The van der Waals surface area contributed by atoms with Crippen molar-refractivity contribution < 1.29 is 0 Å². The molecule has 0 aliphatic carbocycles. The van der Waals surface area contributed by atoms with Gasteiger partial charge in [0.05, 0.1) is 23.0 Å². The number of hydrogen-bond acceptors (Lipinski definition) is 6. The SMILES string of the molecule is CN(C)Cc1cccc(C2Nc3cccc4c(=O)nnnc(c34)C2c2ccccc2)c1. The van der Waals surface area contributed by atoms with Crippen molar-refractivity contribution in [2.45, 2.75) is 18.5 Å². The van der Waals surface area contributed by atoms with Crippen LogP contribution < -0.4 is 10.9 Å². The molecular weight excluding hydrogens is 386 g/mol. The summed E-state index contributed by atoms with van der Waals surface area (Å²) in [5.41, 5.74) is 4.81. The normalized spacial score (nSPS) is 17.5. The third-order valence-corrected chi connectivity index (χ3v) is 5.75. The number of benzene rings is 3. The van der Waals surface area contributed by atoms with Gasteiger partial charge in [0.1, 0.15) is 0 Å². The first kappa shape index (κ1) is 19.3. The average molecular weight is 409 g/mol. The highest BCUT2D eigenvalue weighted by Gasteiger charge is 2.34. The van der Waals surface area contributed by atoms with Crippen LogP contribution >= 0.6 is 0 Å². The fourth-order valence-electron chi connectivity index (χ4n) is 4.50. The quantitative estimate of drug-likeness (QED) is 0.554. The molecule has 0 saturated heterocycles. The minimum atomic E-state index is -0.365. The molecule has 2 atom stereocenters. The molecule has 1 aromatic heterocycles. The number of aromatic nitrogens is 3. The van der Waals surface area contributed by atoms with Crippen LogP contribution in [0.3, 0.4) is 0 Å². The Hall–Kier alpha value is -3.64. The molecule has 1 aliphatic heterocycles. The Morgan fingerprint density at radius 3 is 2.48 bits per heavy atom. The smallest absolute Gasteiger partial charge is 0.297 e. The van der Waals surface area contributed by atoms with E-state index in [1.54, 1.807) is 6.07 Å². The van der Waals surface area contributed by atoms with E-state index in [1.165, 1.54) is 11.1 Å². The van der Waals surface area contributed by atoms with E-state index in [0.717, 1.165) is 28.9 Å². The van der Waals surface area contributed by atoms with Crippen molar-refractivity contribution in [1.29, 1.82) is 0 Å². The predicted octanol–water partition coefficient (Wildman–Crippen LogP) is 3.75. The fourth-order valence-corrected chi connectivity index (χ4v) is 4.50. The zero-order valence-corrected chi connectivity index (χ0v) is 17.5. The zero-order valence-electron chi connectivity index (χ0n) is 17.5. The van der Waals surface area contributed by atoms with Gasteiger partial charge in [-0.25, -0.2) is 0 Å². The Labute approximate surface area is 180 Å². The van der Waals surface area contributed by atoms with Gasteiger partial charge in [-0.05, 0) is 48.1 Å². The minimum absolute atomic E-state index is 0.0607. The monoisotopic (exact) mass is 409 g/mol. The second-order valence-corrected chi connectivity index (χ2v) is 8.20. The Morgan fingerprint density at radius 1 is 0.903 bits per heavy atom. The first-order valence-corrected chi connectivity index (χ1v) is 10.3. The Morgan fingerprint density at radius 2 is 1.68 bits per heavy atom. The maximum Gasteiger partial charge on any atom is 0.297 e. The summed E-state index contributed by atoms with van der Waals surface area (Å²) in [6.45, 7) is 0.862. The summed E-state index contributed by atoms with van der Waals surface area (Å²) in [6.07, 6.45) is 0. The van der Waals surface area contributed by atoms with Gasteiger partial charge in [-0.15, -0.1) is 5.10 Å². The van der Waals surface area contributed by atoms with E-state index in [-0.39, 0.29) is 17.5 Å². The first-order chi connectivity index (χ1) is 15.1. The van der Waals surface area contributed by atoms with Crippen LogP contribution in [-0.2, 0) is 6.54 Å². The summed E-state index contributed by atoms with van der Waals surface area (Å²) in [6, 6.07) is 24.5. The zero-order chi connectivity index (χ0) is 21.4. The lowest BCUT2D eigenvalue weighted by Crippen LogP contribution is -2.26. The summed E-state index contributed by atoms with van der Waals surface area (Å²) in [4.78, 5) is 14.7. The molecule has 2 heterocycles. The molecule has 2 unspecified atom stereocenters. The van der Waals surface area contributed by atoms with Gasteiger partial charge >= 0.3 is 0 Å². The standard InChI is InChI=1S/C25H23N5O/c1-30(2)15-16-8-6-11-18(14-16)23-21(17-9-4-3-5-10-17)24-22-19(25(31)28-29-27-24)12-7-13-20(22)26-23/h3-14,21,23,26H,15H2,1-2H3. The third-order valence-electron chi connectivity index (χ3n) is 5.75. The lowest BCUT2D eigenvalue weighted by atomic mass is 9.80. The summed E-state index contributed by atoms with van der Waals surface area (Å²) >= 11 is 0. The molecule has 0 radical (unpaired) electrons. The Bertz CT molecular complexity index is 1310. The van der Waals surface area contributed by atoms with Gasteiger partial charge in [0.25, 0.3) is 5.56 Å². The molecule has 6 nitrogen and oxygen atoms in total. The number of nitrogens with zero attached hydrogens (tertiary/aromatic N) is 4. The number of anilines is 1. The molecule has 6 heteroatoms. The molecule has 0 fully saturated rings. The van der Waals surface area contributed by atoms with E-state index >= 15 is 0 Å². The van der Waals surface area contributed by atoms with Gasteiger partial charge in [-0.3, -0.25) is 4.79 Å². The van der Waals surface area contributed by atoms with Crippen molar-refractivity contribution in [2.75, 3.05) is 19.4 Å². The van der Waals surface area contributed by atoms with Gasteiger partial charge in [0.15, 0.2) is 0 Å². The van der Waals surface area contributed by atoms with Crippen LogP contribution in [0.1, 0.15) is 34.3 Å². The largest absolute Gasteiger partial charge is 0.377 e. The maximum atomic E-state index is 12.5. The van der Waals surface area contributed by atoms with Crippen LogP contribution in [0.5, 0.6) is 0 Å². The van der Waals surface area contributed by atoms with Crippen LogP contribution in [0.25, 0.3) is 10.8 Å². The molecule has 1 aliphatic rings. The molecule has 3 aromatic carbocycles. The molecule has 0 bridgehead atoms. The summed E-state index contributed by atoms with van der Waals surface area (Å²) in [7, 11) is 4.14. The summed E-state index contributed by atoms with van der Waals surface area (Å²) in [5, 5.41) is 17.1. The Balaban J connectivity index is 1.75. The molecule has 5 rings (SSSR count). The van der Waals surface area contributed by atoms with Gasteiger partial charge in [0, 0.05) is 17.6 Å². The van der Waals surface area contributed by atoms with Crippen molar-refractivity contribution in [3.63, 3.8) is 0 Å². The molecule has 31 heavy (non-hydrogen) atoms. The lowest BCUT2D eigenvalue weighted by Gasteiger charge is -2.34. The van der Waals surface area contributed by atoms with Crippen molar-refractivity contribution in [3.8, 4) is 0 Å². The van der Waals surface area contributed by atoms with Crippen molar-refractivity contribution in [2.24, 2.45) is 0 Å². The number of nitrogens with one attached hydrogen (secondary N) is 1. The molecule has 0 saturated carbocycles. The highest BCUT2D eigenvalue weighted by Crippen LogP contribution is 2.46. The highest BCUT2D eigenvalue weighted by atomic mass is 16.1. The van der Waals surface area contributed by atoms with E-state index in [9.17, 15) is 4.79 Å². The first-order valence-electron chi connectivity index (χ1n) is 10.3. The van der Waals surface area contributed by atoms with Crippen molar-refractivity contribution in [3.05, 3.63) is 106 Å². The van der Waals surface area contributed by atoms with Gasteiger partial charge < -0.3 is 10.2 Å². The highest BCUT2D eigenvalue weighted by molar-refractivity contribution is 5.97. The molecule has 4 aromatic rings. The average Bonchev–Trinajstić information content (AvgIpc) is 2.94. The van der Waals surface area contributed by atoms with Crippen LogP contribution in [0.2, 0.25) is 0 Å². The number of rotatable bonds is 4. The van der Waals surface area contributed by atoms with E-state index < -0.39 is 0 Å². The van der Waals surface area contributed by atoms with E-state index in [1.807, 2.05) is 30.3 Å². The van der Waals surface area contributed by atoms with Gasteiger partial charge in [-0.2, -0.15) is 0 Å². The van der Waals surface area contributed by atoms with Gasteiger partial charge in [-0.1, -0.05) is 65.8 Å². The van der Waals surface area contributed by atoms with E-state index in [4.69, 9.17) is 0 Å². The number of hydrogen-bond donors (Lipinski definition) is 1. The molecule has 154 valence electrons. The van der Waals surface area contributed by atoms with E-state index in [2.05, 4.69) is 76.1 Å². The van der Waals surface area contributed by atoms with Crippen LogP contribution in [0, 0.1) is 0 Å². The second-order valence-electron chi connectivity index (χ2n) is 8.20. The topological polar surface area (TPSA) is 71.0 Å². The van der Waals surface area contributed by atoms with Crippen LogP contribution in [-0.4, -0.2) is 34.4 Å². The fraction of sp³-hybridized carbons (Fsp3) is 0.200.